The van der Waals surface area contributed by atoms with Gasteiger partial charge in [-0.15, -0.1) is 5.10 Å². The van der Waals surface area contributed by atoms with E-state index in [2.05, 4.69) is 30.9 Å². The van der Waals surface area contributed by atoms with Gasteiger partial charge in [-0.1, -0.05) is 18.1 Å². The van der Waals surface area contributed by atoms with Crippen molar-refractivity contribution >= 4 is 17.7 Å². The highest BCUT2D eigenvalue weighted by molar-refractivity contribution is 5.70. The Hall–Kier alpha value is -3.76. The summed E-state index contributed by atoms with van der Waals surface area (Å²) in [6, 6.07) is 5.63. The van der Waals surface area contributed by atoms with Crippen LogP contribution in [0.4, 0.5) is 11.8 Å². The van der Waals surface area contributed by atoms with E-state index in [4.69, 9.17) is 9.72 Å². The zero-order valence-corrected chi connectivity index (χ0v) is 21.4. The molecule has 2 atom stereocenters. The van der Waals surface area contributed by atoms with Crippen molar-refractivity contribution in [2.45, 2.75) is 64.5 Å². The Morgan fingerprint density at radius 2 is 2.03 bits per heavy atom. The Kier molecular flexibility index (Phi) is 7.47. The summed E-state index contributed by atoms with van der Waals surface area (Å²) in [5.41, 5.74) is 2.95. The first-order valence-corrected chi connectivity index (χ1v) is 13.0. The molecule has 0 spiro atoms. The number of aromatic nitrogens is 6. The van der Waals surface area contributed by atoms with Crippen molar-refractivity contribution in [3.05, 3.63) is 35.8 Å². The average Bonchev–Trinajstić information content (AvgIpc) is 3.65. The van der Waals surface area contributed by atoms with Gasteiger partial charge in [-0.3, -0.25) is 4.79 Å². The molecule has 0 radical (unpaired) electrons. The third kappa shape index (κ3) is 6.33. The summed E-state index contributed by atoms with van der Waals surface area (Å²) in [5, 5.41) is 24.6. The first-order chi connectivity index (χ1) is 18.0. The quantitative estimate of drug-likeness (QED) is 0.351. The number of pyridine rings is 1. The molecule has 11 heteroatoms. The molecule has 2 aliphatic carbocycles. The molecular weight excluding hydrogens is 472 g/mol. The molecule has 2 aliphatic rings. The molecule has 0 bridgehead atoms. The second kappa shape index (κ2) is 11.1. The van der Waals surface area contributed by atoms with Crippen LogP contribution in [0.5, 0.6) is 5.75 Å². The van der Waals surface area contributed by atoms with Gasteiger partial charge in [0.15, 0.2) is 0 Å². The molecule has 5 rings (SSSR count). The first kappa shape index (κ1) is 24.9. The van der Waals surface area contributed by atoms with E-state index in [1.54, 1.807) is 10.9 Å². The summed E-state index contributed by atoms with van der Waals surface area (Å²) in [5.74, 6) is 1.79. The van der Waals surface area contributed by atoms with Crippen LogP contribution < -0.4 is 15.4 Å². The number of aliphatic carboxylic acids is 1. The predicted molar refractivity (Wildman–Crippen MR) is 138 cm³/mol. The third-order valence-electron chi connectivity index (χ3n) is 7.12. The number of rotatable bonds is 11. The van der Waals surface area contributed by atoms with Crippen LogP contribution in [0.15, 0.2) is 24.4 Å². The van der Waals surface area contributed by atoms with Gasteiger partial charge >= 0.3 is 5.97 Å². The molecule has 0 saturated heterocycles. The van der Waals surface area contributed by atoms with Crippen LogP contribution in [-0.4, -0.2) is 53.7 Å². The van der Waals surface area contributed by atoms with Gasteiger partial charge < -0.3 is 20.5 Å². The fraction of sp³-hybridized carbons (Fsp3) is 0.538. The molecule has 0 unspecified atom stereocenters. The number of ether oxygens (including phenoxy) is 1. The molecule has 0 aromatic carbocycles. The van der Waals surface area contributed by atoms with Gasteiger partial charge in [0.1, 0.15) is 17.3 Å². The summed E-state index contributed by atoms with van der Waals surface area (Å²) in [6.07, 6.45) is 8.43. The summed E-state index contributed by atoms with van der Waals surface area (Å²) >= 11 is 0. The fourth-order valence-electron chi connectivity index (χ4n) is 4.75. The lowest BCUT2D eigenvalue weighted by Crippen LogP contribution is -2.29. The van der Waals surface area contributed by atoms with Crippen molar-refractivity contribution in [3.63, 3.8) is 0 Å². The van der Waals surface area contributed by atoms with Crippen LogP contribution in [0.25, 0.3) is 11.4 Å². The van der Waals surface area contributed by atoms with Crippen LogP contribution in [-0.2, 0) is 18.4 Å². The number of nitrogens with one attached hydrogen (secondary N) is 2. The first-order valence-electron chi connectivity index (χ1n) is 13.0. The van der Waals surface area contributed by atoms with Gasteiger partial charge in [0.2, 0.25) is 5.95 Å². The van der Waals surface area contributed by atoms with Crippen LogP contribution >= 0.6 is 0 Å². The number of aryl methyl sites for hydroxylation is 2. The standard InChI is InChI=1S/C26H34N8O3/c1-16-22(37-19-5-3-4-18(14-19)25(35)36)9-8-20(30-16)24-21(34(2)33-32-24)15-29-26-28-13-11-23(31-26)27-12-10-17-6-7-17/h8-9,11,13,17-19H,3-7,10,12,14-15H2,1-2H3,(H,35,36)(H2,27,28,29,31)/t18-,19-/m0/s1. The molecule has 196 valence electrons. The van der Waals surface area contributed by atoms with Crippen molar-refractivity contribution in [2.75, 3.05) is 17.2 Å². The van der Waals surface area contributed by atoms with E-state index < -0.39 is 5.97 Å². The molecule has 3 N–H and O–H groups in total. The highest BCUT2D eigenvalue weighted by atomic mass is 16.5. The van der Waals surface area contributed by atoms with Gasteiger partial charge in [-0.25, -0.2) is 14.6 Å². The van der Waals surface area contributed by atoms with Gasteiger partial charge in [0.25, 0.3) is 0 Å². The highest BCUT2D eigenvalue weighted by Gasteiger charge is 2.28. The van der Waals surface area contributed by atoms with Crippen molar-refractivity contribution in [1.29, 1.82) is 0 Å². The molecule has 0 amide bonds. The predicted octanol–water partition coefficient (Wildman–Crippen LogP) is 3.82. The van der Waals surface area contributed by atoms with Gasteiger partial charge in [-0.05, 0) is 63.1 Å². The normalized spacial score (nSPS) is 19.4. The van der Waals surface area contributed by atoms with Crippen molar-refractivity contribution < 1.29 is 14.6 Å². The lowest BCUT2D eigenvalue weighted by molar-refractivity contribution is -0.143. The number of carboxylic acids is 1. The molecule has 11 nitrogen and oxygen atoms in total. The van der Waals surface area contributed by atoms with Crippen LogP contribution in [0, 0.1) is 18.8 Å². The van der Waals surface area contributed by atoms with E-state index >= 15 is 0 Å². The number of anilines is 2. The number of hydrogen-bond donors (Lipinski definition) is 3. The van der Waals surface area contributed by atoms with E-state index in [0.717, 1.165) is 42.5 Å². The molecule has 3 aromatic heterocycles. The molecule has 3 heterocycles. The Morgan fingerprint density at radius 1 is 1.16 bits per heavy atom. The Bertz CT molecular complexity index is 1240. The SMILES string of the molecule is Cc1nc(-c2nnn(C)c2CNc2nccc(NCCC3CC3)n2)ccc1O[C@H]1CCC[C@H](C(=O)O)C1. The molecular formula is C26H34N8O3. The average molecular weight is 507 g/mol. The van der Waals surface area contributed by atoms with E-state index in [1.165, 1.54) is 19.3 Å². The minimum absolute atomic E-state index is 0.114. The van der Waals surface area contributed by atoms with Crippen LogP contribution in [0.3, 0.4) is 0 Å². The van der Waals surface area contributed by atoms with E-state index in [-0.39, 0.29) is 12.0 Å². The second-order valence-corrected chi connectivity index (χ2v) is 10.0. The molecule has 0 aliphatic heterocycles. The Labute approximate surface area is 216 Å². The molecule has 37 heavy (non-hydrogen) atoms. The summed E-state index contributed by atoms with van der Waals surface area (Å²) in [6.45, 7) is 3.24. The van der Waals surface area contributed by atoms with E-state index in [1.807, 2.05) is 32.2 Å². The zero-order chi connectivity index (χ0) is 25.8. The summed E-state index contributed by atoms with van der Waals surface area (Å²) < 4.78 is 7.87. The van der Waals surface area contributed by atoms with Crippen molar-refractivity contribution in [3.8, 4) is 17.1 Å². The Balaban J connectivity index is 1.23. The number of hydrogen-bond acceptors (Lipinski definition) is 9. The van der Waals surface area contributed by atoms with Crippen molar-refractivity contribution in [1.82, 2.24) is 29.9 Å². The monoisotopic (exact) mass is 506 g/mol. The summed E-state index contributed by atoms with van der Waals surface area (Å²) in [7, 11) is 1.84. The molecule has 3 aromatic rings. The van der Waals surface area contributed by atoms with Crippen LogP contribution in [0.1, 0.15) is 56.3 Å². The maximum atomic E-state index is 11.4. The molecule has 2 fully saturated rings. The van der Waals surface area contributed by atoms with E-state index in [9.17, 15) is 9.90 Å². The van der Waals surface area contributed by atoms with Gasteiger partial charge in [-0.2, -0.15) is 4.98 Å². The minimum atomic E-state index is -0.746. The number of carbonyl (C=O) groups is 1. The lowest BCUT2D eigenvalue weighted by atomic mass is 9.87. The largest absolute Gasteiger partial charge is 0.489 e. The fourth-order valence-corrected chi connectivity index (χ4v) is 4.75. The third-order valence-corrected chi connectivity index (χ3v) is 7.12. The maximum Gasteiger partial charge on any atom is 0.306 e. The summed E-state index contributed by atoms with van der Waals surface area (Å²) in [4.78, 5) is 25.0. The van der Waals surface area contributed by atoms with Gasteiger partial charge in [0.05, 0.1) is 35.6 Å². The van der Waals surface area contributed by atoms with Crippen molar-refractivity contribution in [2.24, 2.45) is 18.9 Å². The Morgan fingerprint density at radius 3 is 2.81 bits per heavy atom. The highest BCUT2D eigenvalue weighted by Crippen LogP contribution is 2.32. The minimum Gasteiger partial charge on any atom is -0.489 e. The van der Waals surface area contributed by atoms with Gasteiger partial charge in [0, 0.05) is 19.8 Å². The van der Waals surface area contributed by atoms with Crippen LogP contribution in [0.2, 0.25) is 0 Å². The maximum absolute atomic E-state index is 11.4. The number of nitrogens with zero attached hydrogens (tertiary/aromatic N) is 6. The zero-order valence-electron chi connectivity index (χ0n) is 21.4. The topological polar surface area (TPSA) is 140 Å². The lowest BCUT2D eigenvalue weighted by Gasteiger charge is -2.27. The second-order valence-electron chi connectivity index (χ2n) is 10.0. The van der Waals surface area contributed by atoms with E-state index in [0.29, 0.717) is 42.5 Å². The smallest absolute Gasteiger partial charge is 0.306 e. The molecule has 2 saturated carbocycles. The number of carboxylic acid groups (broad SMARTS) is 1.